The summed E-state index contributed by atoms with van der Waals surface area (Å²) < 4.78 is 34.0. The SMILES string of the molecule is CCC(Oc1ccc(O)c(C(=O)O)c1)(c1ccc(OCc2ccccc2)cc1)S(=O)O. The molecule has 3 aromatic rings. The predicted molar refractivity (Wildman–Crippen MR) is 116 cm³/mol. The number of rotatable bonds is 9. The zero-order valence-corrected chi connectivity index (χ0v) is 17.5. The quantitative estimate of drug-likeness (QED) is 0.417. The van der Waals surface area contributed by atoms with Gasteiger partial charge in [-0.15, -0.1) is 0 Å². The smallest absolute Gasteiger partial charge is 0.339 e. The molecule has 3 rings (SSSR count). The normalized spacial score (nSPS) is 13.7. The highest BCUT2D eigenvalue weighted by Crippen LogP contribution is 2.36. The highest BCUT2D eigenvalue weighted by molar-refractivity contribution is 7.80. The van der Waals surface area contributed by atoms with E-state index in [1.807, 2.05) is 30.3 Å². The Balaban J connectivity index is 1.85. The van der Waals surface area contributed by atoms with Crippen LogP contribution in [0.1, 0.15) is 34.8 Å². The molecule has 0 fully saturated rings. The largest absolute Gasteiger partial charge is 0.507 e. The van der Waals surface area contributed by atoms with Crippen molar-refractivity contribution in [2.75, 3.05) is 0 Å². The molecule has 0 saturated carbocycles. The van der Waals surface area contributed by atoms with Crippen LogP contribution in [0.4, 0.5) is 0 Å². The first-order valence-electron chi connectivity index (χ1n) is 9.49. The van der Waals surface area contributed by atoms with E-state index < -0.39 is 27.7 Å². The second-order valence-electron chi connectivity index (χ2n) is 6.74. The molecule has 0 saturated heterocycles. The lowest BCUT2D eigenvalue weighted by Crippen LogP contribution is -2.37. The maximum atomic E-state index is 12.3. The van der Waals surface area contributed by atoms with Crippen molar-refractivity contribution in [2.24, 2.45) is 0 Å². The molecule has 0 bridgehead atoms. The van der Waals surface area contributed by atoms with E-state index in [2.05, 4.69) is 0 Å². The molecule has 3 N–H and O–H groups in total. The van der Waals surface area contributed by atoms with Gasteiger partial charge in [0.2, 0.25) is 16.0 Å². The number of carboxylic acids is 1. The van der Waals surface area contributed by atoms with Crippen LogP contribution in [-0.4, -0.2) is 24.9 Å². The van der Waals surface area contributed by atoms with Crippen molar-refractivity contribution in [2.45, 2.75) is 24.9 Å². The van der Waals surface area contributed by atoms with Crippen LogP contribution < -0.4 is 9.47 Å². The highest BCUT2D eigenvalue weighted by Gasteiger charge is 2.40. The summed E-state index contributed by atoms with van der Waals surface area (Å²) in [5, 5.41) is 18.9. The van der Waals surface area contributed by atoms with Gasteiger partial charge in [-0.25, -0.2) is 9.00 Å². The van der Waals surface area contributed by atoms with Crippen molar-refractivity contribution in [3.63, 3.8) is 0 Å². The van der Waals surface area contributed by atoms with Gasteiger partial charge in [0.05, 0.1) is 0 Å². The third-order valence-corrected chi connectivity index (χ3v) is 5.94. The Morgan fingerprint density at radius 1 is 1.00 bits per heavy atom. The van der Waals surface area contributed by atoms with Crippen molar-refractivity contribution in [1.82, 2.24) is 0 Å². The molecule has 162 valence electrons. The molecule has 8 heteroatoms. The fourth-order valence-corrected chi connectivity index (χ4v) is 3.83. The van der Waals surface area contributed by atoms with Crippen molar-refractivity contribution in [3.8, 4) is 17.2 Å². The number of benzene rings is 3. The lowest BCUT2D eigenvalue weighted by atomic mass is 10.1. The summed E-state index contributed by atoms with van der Waals surface area (Å²) in [7, 11) is 0. The Bertz CT molecular complexity index is 1070. The number of aromatic carboxylic acids is 1. The van der Waals surface area contributed by atoms with Crippen LogP contribution in [0.2, 0.25) is 0 Å². The summed E-state index contributed by atoms with van der Waals surface area (Å²) in [6.45, 7) is 2.07. The lowest BCUT2D eigenvalue weighted by Gasteiger charge is -2.30. The second-order valence-corrected chi connectivity index (χ2v) is 7.90. The fraction of sp³-hybridized carbons (Fsp3) is 0.174. The van der Waals surface area contributed by atoms with Gasteiger partial charge in [-0.2, -0.15) is 0 Å². The number of phenols is 1. The van der Waals surface area contributed by atoms with Gasteiger partial charge in [-0.05, 0) is 35.9 Å². The minimum Gasteiger partial charge on any atom is -0.507 e. The maximum absolute atomic E-state index is 12.3. The molecular weight excluding hydrogens is 420 g/mol. The van der Waals surface area contributed by atoms with Gasteiger partial charge < -0.3 is 24.2 Å². The Morgan fingerprint density at radius 2 is 1.65 bits per heavy atom. The van der Waals surface area contributed by atoms with Crippen LogP contribution >= 0.6 is 0 Å². The fourth-order valence-electron chi connectivity index (χ4n) is 3.08. The van der Waals surface area contributed by atoms with Crippen molar-refractivity contribution >= 4 is 17.0 Å². The maximum Gasteiger partial charge on any atom is 0.339 e. The molecule has 31 heavy (non-hydrogen) atoms. The molecule has 0 heterocycles. The van der Waals surface area contributed by atoms with Crippen LogP contribution in [0.15, 0.2) is 72.8 Å². The summed E-state index contributed by atoms with van der Waals surface area (Å²) in [6, 6.07) is 19.9. The molecule has 0 aromatic heterocycles. The van der Waals surface area contributed by atoms with Gasteiger partial charge in [0.1, 0.15) is 29.4 Å². The number of ether oxygens (including phenoxy) is 2. The average molecular weight is 442 g/mol. The van der Waals surface area contributed by atoms with Gasteiger partial charge in [-0.1, -0.05) is 49.4 Å². The molecule has 0 spiro atoms. The summed E-state index contributed by atoms with van der Waals surface area (Å²) in [4.78, 5) is 9.64. The highest BCUT2D eigenvalue weighted by atomic mass is 32.2. The average Bonchev–Trinajstić information content (AvgIpc) is 2.78. The molecule has 0 aliphatic heterocycles. The minimum atomic E-state index is -2.45. The van der Waals surface area contributed by atoms with Crippen LogP contribution in [0.3, 0.4) is 0 Å². The Morgan fingerprint density at radius 3 is 2.23 bits per heavy atom. The first-order chi connectivity index (χ1) is 14.9. The Labute approximate surface area is 182 Å². The van der Waals surface area contributed by atoms with Crippen LogP contribution in [-0.2, 0) is 22.6 Å². The summed E-state index contributed by atoms with van der Waals surface area (Å²) in [5.74, 6) is -1.13. The number of hydrogen-bond donors (Lipinski definition) is 3. The zero-order chi connectivity index (χ0) is 22.4. The third kappa shape index (κ3) is 5.04. The first-order valence-corrected chi connectivity index (χ1v) is 10.6. The van der Waals surface area contributed by atoms with E-state index in [1.54, 1.807) is 31.2 Å². The summed E-state index contributed by atoms with van der Waals surface area (Å²) in [5.41, 5.74) is 1.07. The Hall–Kier alpha value is -3.36. The molecule has 0 aliphatic rings. The van der Waals surface area contributed by atoms with E-state index in [4.69, 9.17) is 9.47 Å². The van der Waals surface area contributed by atoms with E-state index in [0.29, 0.717) is 17.9 Å². The minimum absolute atomic E-state index is 0.0452. The van der Waals surface area contributed by atoms with Crippen molar-refractivity contribution in [1.29, 1.82) is 0 Å². The lowest BCUT2D eigenvalue weighted by molar-refractivity contribution is 0.0692. The molecular formula is C23H22O7S. The molecule has 0 amide bonds. The number of aromatic hydroxyl groups is 1. The van der Waals surface area contributed by atoms with E-state index in [9.17, 15) is 23.8 Å². The summed E-state index contributed by atoms with van der Waals surface area (Å²) in [6.07, 6.45) is 0.129. The summed E-state index contributed by atoms with van der Waals surface area (Å²) >= 11 is -2.45. The zero-order valence-electron chi connectivity index (χ0n) is 16.7. The van der Waals surface area contributed by atoms with Crippen LogP contribution in [0.5, 0.6) is 17.2 Å². The van der Waals surface area contributed by atoms with Gasteiger partial charge in [-0.3, -0.25) is 0 Å². The molecule has 0 radical (unpaired) electrons. The van der Waals surface area contributed by atoms with Gasteiger partial charge in [0.15, 0.2) is 0 Å². The van der Waals surface area contributed by atoms with Crippen LogP contribution in [0, 0.1) is 0 Å². The van der Waals surface area contributed by atoms with Gasteiger partial charge in [0, 0.05) is 12.0 Å². The van der Waals surface area contributed by atoms with Gasteiger partial charge >= 0.3 is 5.97 Å². The molecule has 2 atom stereocenters. The standard InChI is InChI=1S/C23H22O7S/c1-2-23(31(27)28,30-19-12-13-21(24)20(14-19)22(25)26)17-8-10-18(11-9-17)29-15-16-6-4-3-5-7-16/h3-14,24H,2,15H2,1H3,(H,25,26)(H,27,28). The molecule has 0 aliphatic carbocycles. The third-order valence-electron chi connectivity index (χ3n) is 4.77. The molecule has 3 aromatic carbocycles. The van der Waals surface area contributed by atoms with Gasteiger partial charge in [0.25, 0.3) is 0 Å². The number of carboxylic acid groups (broad SMARTS) is 1. The predicted octanol–water partition coefficient (Wildman–Crippen LogP) is 4.53. The first kappa shape index (κ1) is 22.3. The molecule has 2 unspecified atom stereocenters. The second kappa shape index (κ2) is 9.63. The van der Waals surface area contributed by atoms with Crippen molar-refractivity contribution in [3.05, 3.63) is 89.5 Å². The van der Waals surface area contributed by atoms with E-state index in [-0.39, 0.29) is 17.7 Å². The van der Waals surface area contributed by atoms with E-state index >= 15 is 0 Å². The monoisotopic (exact) mass is 442 g/mol. The van der Waals surface area contributed by atoms with Crippen molar-refractivity contribution < 1.29 is 33.2 Å². The van der Waals surface area contributed by atoms with E-state index in [1.165, 1.54) is 12.1 Å². The topological polar surface area (TPSA) is 113 Å². The number of carbonyl (C=O) groups is 1. The Kier molecular flexibility index (Phi) is 6.94. The van der Waals surface area contributed by atoms with E-state index in [0.717, 1.165) is 11.6 Å². The van der Waals surface area contributed by atoms with Crippen LogP contribution in [0.25, 0.3) is 0 Å². The number of hydrogen-bond acceptors (Lipinski definition) is 5. The molecule has 7 nitrogen and oxygen atoms in total.